The largest absolute Gasteiger partial charge is 0.481 e. The van der Waals surface area contributed by atoms with Crippen LogP contribution in [-0.2, 0) is 21.2 Å². The molecule has 0 saturated carbocycles. The van der Waals surface area contributed by atoms with E-state index in [1.807, 2.05) is 0 Å². The Kier molecular flexibility index (Phi) is 4.25. The van der Waals surface area contributed by atoms with Gasteiger partial charge >= 0.3 is 5.97 Å². The van der Waals surface area contributed by atoms with Crippen molar-refractivity contribution in [3.8, 4) is 11.5 Å². The molecule has 0 aliphatic carbocycles. The maximum atomic E-state index is 11.5. The summed E-state index contributed by atoms with van der Waals surface area (Å²) in [5.74, 6) is -0.422. The number of carbonyl (C=O) groups is 1. The molecule has 0 radical (unpaired) electrons. The van der Waals surface area contributed by atoms with Crippen LogP contribution in [0.4, 0.5) is 0 Å². The third-order valence-corrected chi connectivity index (χ3v) is 3.61. The normalized spacial score (nSPS) is 11.1. The molecule has 6 nitrogen and oxygen atoms in total. The summed E-state index contributed by atoms with van der Waals surface area (Å²) in [5, 5.41) is 13.8. The highest BCUT2D eigenvalue weighted by atomic mass is 32.2. The van der Waals surface area contributed by atoms with Crippen molar-refractivity contribution in [2.24, 2.45) is 5.14 Å². The second-order valence-corrected chi connectivity index (χ2v) is 5.84. The summed E-state index contributed by atoms with van der Waals surface area (Å²) in [4.78, 5) is 10.5. The van der Waals surface area contributed by atoms with Crippen LogP contribution in [0.25, 0.3) is 0 Å². The fourth-order valence-corrected chi connectivity index (χ4v) is 2.40. The van der Waals surface area contributed by atoms with Crippen molar-refractivity contribution in [1.29, 1.82) is 0 Å². The van der Waals surface area contributed by atoms with E-state index in [-0.39, 0.29) is 17.1 Å². The number of hydrogen-bond acceptors (Lipinski definition) is 4. The molecule has 0 atom stereocenters. The number of sulfonamides is 1. The lowest BCUT2D eigenvalue weighted by Gasteiger charge is -2.09. The van der Waals surface area contributed by atoms with E-state index in [0.29, 0.717) is 11.3 Å². The van der Waals surface area contributed by atoms with E-state index < -0.39 is 16.0 Å². The number of para-hydroxylation sites is 1. The summed E-state index contributed by atoms with van der Waals surface area (Å²) < 4.78 is 28.4. The number of carboxylic acid groups (broad SMARTS) is 1. The minimum absolute atomic E-state index is 0.0892. The van der Waals surface area contributed by atoms with E-state index in [1.165, 1.54) is 12.1 Å². The Labute approximate surface area is 121 Å². The Bertz CT molecular complexity index is 753. The van der Waals surface area contributed by atoms with Gasteiger partial charge in [-0.25, -0.2) is 13.6 Å². The standard InChI is InChI=1S/C14H13NO5S/c15-21(18,19)13-4-2-1-3-12(13)20-11-7-5-10(6-8-11)9-14(16)17/h1-8H,9H2,(H,16,17)(H2,15,18,19). The predicted molar refractivity (Wildman–Crippen MR) is 75.7 cm³/mol. The molecule has 0 saturated heterocycles. The van der Waals surface area contributed by atoms with E-state index in [4.69, 9.17) is 15.0 Å². The van der Waals surface area contributed by atoms with E-state index in [1.54, 1.807) is 36.4 Å². The summed E-state index contributed by atoms with van der Waals surface area (Å²) in [6.45, 7) is 0. The molecule has 0 spiro atoms. The third kappa shape index (κ3) is 4.04. The van der Waals surface area contributed by atoms with Crippen LogP contribution in [0, 0.1) is 0 Å². The fraction of sp³-hybridized carbons (Fsp3) is 0.0714. The molecule has 0 aliphatic rings. The quantitative estimate of drug-likeness (QED) is 0.875. The van der Waals surface area contributed by atoms with E-state index >= 15 is 0 Å². The number of rotatable bonds is 5. The van der Waals surface area contributed by atoms with E-state index in [9.17, 15) is 13.2 Å². The molecule has 0 heterocycles. The lowest BCUT2D eigenvalue weighted by molar-refractivity contribution is -0.136. The smallest absolute Gasteiger partial charge is 0.307 e. The van der Waals surface area contributed by atoms with Gasteiger partial charge in [0.05, 0.1) is 6.42 Å². The van der Waals surface area contributed by atoms with Crippen molar-refractivity contribution in [2.45, 2.75) is 11.3 Å². The van der Waals surface area contributed by atoms with Crippen molar-refractivity contribution in [1.82, 2.24) is 0 Å². The van der Waals surface area contributed by atoms with Crippen LogP contribution in [0.3, 0.4) is 0 Å². The van der Waals surface area contributed by atoms with Crippen LogP contribution < -0.4 is 9.88 Å². The molecule has 0 amide bonds. The minimum atomic E-state index is -3.88. The molecule has 110 valence electrons. The Morgan fingerprint density at radius 3 is 2.29 bits per heavy atom. The zero-order valence-electron chi connectivity index (χ0n) is 10.9. The minimum Gasteiger partial charge on any atom is -0.481 e. The van der Waals surface area contributed by atoms with Gasteiger partial charge in [0.15, 0.2) is 0 Å². The highest BCUT2D eigenvalue weighted by Gasteiger charge is 2.14. The summed E-state index contributed by atoms with van der Waals surface area (Å²) in [6.07, 6.45) is -0.0892. The molecular formula is C14H13NO5S. The molecule has 0 aliphatic heterocycles. The van der Waals surface area contributed by atoms with Gasteiger partial charge in [-0.1, -0.05) is 24.3 Å². The van der Waals surface area contributed by atoms with Gasteiger partial charge in [-0.3, -0.25) is 4.79 Å². The van der Waals surface area contributed by atoms with Gasteiger partial charge in [0.2, 0.25) is 10.0 Å². The SMILES string of the molecule is NS(=O)(=O)c1ccccc1Oc1ccc(CC(=O)O)cc1. The third-order valence-electron chi connectivity index (χ3n) is 2.66. The summed E-state index contributed by atoms with van der Waals surface area (Å²) in [5.41, 5.74) is 0.620. The van der Waals surface area contributed by atoms with E-state index in [0.717, 1.165) is 0 Å². The second kappa shape index (κ2) is 5.94. The molecule has 2 aromatic carbocycles. The summed E-state index contributed by atoms with van der Waals surface area (Å²) in [7, 11) is -3.88. The average Bonchev–Trinajstić information content (AvgIpc) is 2.40. The van der Waals surface area contributed by atoms with Crippen molar-refractivity contribution < 1.29 is 23.1 Å². The van der Waals surface area contributed by atoms with Crippen molar-refractivity contribution in [3.05, 3.63) is 54.1 Å². The number of primary sulfonamides is 1. The first-order valence-electron chi connectivity index (χ1n) is 5.96. The molecule has 7 heteroatoms. The molecule has 0 unspecified atom stereocenters. The maximum Gasteiger partial charge on any atom is 0.307 e. The Morgan fingerprint density at radius 2 is 1.71 bits per heavy atom. The van der Waals surface area contributed by atoms with Crippen LogP contribution >= 0.6 is 0 Å². The predicted octanol–water partition coefficient (Wildman–Crippen LogP) is 1.75. The highest BCUT2D eigenvalue weighted by molar-refractivity contribution is 7.89. The summed E-state index contributed by atoms with van der Waals surface area (Å²) >= 11 is 0. The van der Waals surface area contributed by atoms with Gasteiger partial charge < -0.3 is 9.84 Å². The molecule has 0 bridgehead atoms. The van der Waals surface area contributed by atoms with Crippen molar-refractivity contribution in [3.63, 3.8) is 0 Å². The average molecular weight is 307 g/mol. The Hall–Kier alpha value is -2.38. The second-order valence-electron chi connectivity index (χ2n) is 4.31. The number of benzene rings is 2. The highest BCUT2D eigenvalue weighted by Crippen LogP contribution is 2.27. The number of aliphatic carboxylic acids is 1. The van der Waals surface area contributed by atoms with Crippen LogP contribution in [0.5, 0.6) is 11.5 Å². The van der Waals surface area contributed by atoms with Crippen LogP contribution in [0.1, 0.15) is 5.56 Å². The van der Waals surface area contributed by atoms with Gasteiger partial charge in [0, 0.05) is 0 Å². The fourth-order valence-electron chi connectivity index (χ4n) is 1.75. The first-order chi connectivity index (χ1) is 9.86. The van der Waals surface area contributed by atoms with Crippen molar-refractivity contribution in [2.75, 3.05) is 0 Å². The molecule has 2 aromatic rings. The first-order valence-corrected chi connectivity index (χ1v) is 7.51. The molecule has 0 aromatic heterocycles. The van der Waals surface area contributed by atoms with Crippen LogP contribution in [-0.4, -0.2) is 19.5 Å². The van der Waals surface area contributed by atoms with E-state index in [2.05, 4.69) is 0 Å². The molecule has 2 rings (SSSR count). The molecule has 3 N–H and O–H groups in total. The lowest BCUT2D eigenvalue weighted by Crippen LogP contribution is -2.13. The zero-order valence-corrected chi connectivity index (χ0v) is 11.7. The maximum absolute atomic E-state index is 11.5. The Morgan fingerprint density at radius 1 is 1.10 bits per heavy atom. The number of carboxylic acids is 1. The molecule has 21 heavy (non-hydrogen) atoms. The van der Waals surface area contributed by atoms with Gasteiger partial charge in [-0.05, 0) is 29.8 Å². The zero-order chi connectivity index (χ0) is 15.5. The Balaban J connectivity index is 2.25. The number of nitrogens with two attached hydrogens (primary N) is 1. The van der Waals surface area contributed by atoms with Gasteiger partial charge in [0.25, 0.3) is 0 Å². The molecular weight excluding hydrogens is 294 g/mol. The van der Waals surface area contributed by atoms with Gasteiger partial charge in [0.1, 0.15) is 16.4 Å². The van der Waals surface area contributed by atoms with Crippen LogP contribution in [0.15, 0.2) is 53.4 Å². The number of ether oxygens (including phenoxy) is 1. The topological polar surface area (TPSA) is 107 Å². The van der Waals surface area contributed by atoms with Gasteiger partial charge in [-0.2, -0.15) is 0 Å². The first kappa shape index (κ1) is 15.0. The van der Waals surface area contributed by atoms with Gasteiger partial charge in [-0.15, -0.1) is 0 Å². The lowest BCUT2D eigenvalue weighted by atomic mass is 10.1. The van der Waals surface area contributed by atoms with Crippen molar-refractivity contribution >= 4 is 16.0 Å². The van der Waals surface area contributed by atoms with Crippen LogP contribution in [0.2, 0.25) is 0 Å². The molecule has 0 fully saturated rings. The number of hydrogen-bond donors (Lipinski definition) is 2. The summed E-state index contributed by atoms with van der Waals surface area (Å²) in [6, 6.07) is 12.3. The monoisotopic (exact) mass is 307 g/mol.